The molecular weight excluding hydrogens is 244 g/mol. The van der Waals surface area contributed by atoms with Gasteiger partial charge in [-0.25, -0.2) is 4.68 Å². The Hall–Kier alpha value is -2.08. The molecule has 1 heterocycles. The van der Waals surface area contributed by atoms with E-state index in [1.807, 2.05) is 0 Å². The van der Waals surface area contributed by atoms with Crippen LogP contribution in [0.15, 0.2) is 24.3 Å². The van der Waals surface area contributed by atoms with E-state index in [0.717, 1.165) is 0 Å². The molecule has 0 fully saturated rings. The first-order valence-electron chi connectivity index (χ1n) is 4.76. The monoisotopic (exact) mass is 252 g/mol. The van der Waals surface area contributed by atoms with E-state index in [-0.39, 0.29) is 17.2 Å². The average Bonchev–Trinajstić information content (AvgIpc) is 2.54. The molecule has 0 aliphatic rings. The van der Waals surface area contributed by atoms with Crippen molar-refractivity contribution in [3.8, 4) is 5.69 Å². The molecule has 88 valence electrons. The lowest BCUT2D eigenvalue weighted by Crippen LogP contribution is -2.02. The Morgan fingerprint density at radius 2 is 2.24 bits per heavy atom. The molecule has 0 aliphatic heterocycles. The zero-order valence-electron chi connectivity index (χ0n) is 8.92. The number of hydrogen-bond donors (Lipinski definition) is 1. The van der Waals surface area contributed by atoms with Crippen LogP contribution in [0.5, 0.6) is 0 Å². The Balaban J connectivity index is 2.62. The molecule has 0 radical (unpaired) electrons. The second-order valence-electron chi connectivity index (χ2n) is 3.47. The van der Waals surface area contributed by atoms with E-state index in [9.17, 15) is 10.1 Å². The number of anilines is 1. The Kier molecular flexibility index (Phi) is 2.72. The van der Waals surface area contributed by atoms with Gasteiger partial charge in [0.1, 0.15) is 5.69 Å². The van der Waals surface area contributed by atoms with Crippen LogP contribution in [0.2, 0.25) is 5.02 Å². The van der Waals surface area contributed by atoms with E-state index >= 15 is 0 Å². The van der Waals surface area contributed by atoms with E-state index in [0.29, 0.717) is 10.7 Å². The van der Waals surface area contributed by atoms with E-state index in [2.05, 4.69) is 5.10 Å². The molecule has 0 amide bonds. The van der Waals surface area contributed by atoms with Gasteiger partial charge in [0.05, 0.1) is 10.6 Å². The first kappa shape index (κ1) is 11.4. The average molecular weight is 253 g/mol. The fourth-order valence-corrected chi connectivity index (χ4v) is 1.75. The summed E-state index contributed by atoms with van der Waals surface area (Å²) >= 11 is 5.84. The summed E-state index contributed by atoms with van der Waals surface area (Å²) < 4.78 is 1.30. The molecule has 0 unspecified atom stereocenters. The van der Waals surface area contributed by atoms with Crippen LogP contribution >= 0.6 is 11.6 Å². The highest BCUT2D eigenvalue weighted by molar-refractivity contribution is 6.30. The Bertz CT molecular complexity index is 594. The lowest BCUT2D eigenvalue weighted by Gasteiger charge is -2.02. The van der Waals surface area contributed by atoms with E-state index in [1.54, 1.807) is 24.3 Å². The lowest BCUT2D eigenvalue weighted by molar-refractivity contribution is -0.384. The number of nitro groups is 1. The van der Waals surface area contributed by atoms with E-state index < -0.39 is 4.92 Å². The van der Waals surface area contributed by atoms with Gasteiger partial charge in [0.2, 0.25) is 5.82 Å². The number of hydrogen-bond acceptors (Lipinski definition) is 4. The predicted octanol–water partition coefficient (Wildman–Crippen LogP) is 2.32. The highest BCUT2D eigenvalue weighted by Crippen LogP contribution is 2.28. The Morgan fingerprint density at radius 3 is 2.76 bits per heavy atom. The number of benzene rings is 1. The normalized spacial score (nSPS) is 10.5. The van der Waals surface area contributed by atoms with Gasteiger partial charge >= 0.3 is 5.69 Å². The first-order chi connectivity index (χ1) is 8.00. The molecule has 1 aromatic carbocycles. The molecule has 2 aromatic rings. The number of aryl methyl sites for hydroxylation is 1. The molecule has 0 spiro atoms. The smallest absolute Gasteiger partial charge is 0.333 e. The number of aromatic nitrogens is 2. The van der Waals surface area contributed by atoms with Crippen molar-refractivity contribution >= 4 is 23.1 Å². The summed E-state index contributed by atoms with van der Waals surface area (Å²) in [6.45, 7) is 1.54. The van der Waals surface area contributed by atoms with Gasteiger partial charge in [0.15, 0.2) is 0 Å². The van der Waals surface area contributed by atoms with Crippen LogP contribution in [0.25, 0.3) is 5.69 Å². The highest BCUT2D eigenvalue weighted by atomic mass is 35.5. The molecule has 0 saturated heterocycles. The van der Waals surface area contributed by atoms with Gasteiger partial charge in [-0.3, -0.25) is 10.1 Å². The van der Waals surface area contributed by atoms with E-state index in [1.165, 1.54) is 11.6 Å². The third-order valence-corrected chi connectivity index (χ3v) is 2.53. The quantitative estimate of drug-likeness (QED) is 0.656. The van der Waals surface area contributed by atoms with Crippen LogP contribution in [0, 0.1) is 17.0 Å². The zero-order chi connectivity index (χ0) is 12.6. The number of halogens is 1. The van der Waals surface area contributed by atoms with Gasteiger partial charge in [-0.05, 0) is 25.1 Å². The molecule has 0 atom stereocenters. The van der Waals surface area contributed by atoms with Crippen molar-refractivity contribution < 1.29 is 4.92 Å². The summed E-state index contributed by atoms with van der Waals surface area (Å²) in [4.78, 5) is 10.3. The minimum absolute atomic E-state index is 0.00485. The van der Waals surface area contributed by atoms with Gasteiger partial charge < -0.3 is 5.73 Å². The predicted molar refractivity (Wildman–Crippen MR) is 64.4 cm³/mol. The van der Waals surface area contributed by atoms with Crippen molar-refractivity contribution in [3.63, 3.8) is 0 Å². The van der Waals surface area contributed by atoms with E-state index in [4.69, 9.17) is 17.3 Å². The van der Waals surface area contributed by atoms with Crippen molar-refractivity contribution in [1.29, 1.82) is 0 Å². The van der Waals surface area contributed by atoms with Crippen molar-refractivity contribution in [2.75, 3.05) is 5.73 Å². The van der Waals surface area contributed by atoms with Crippen LogP contribution < -0.4 is 5.73 Å². The first-order valence-corrected chi connectivity index (χ1v) is 5.14. The molecule has 0 aliphatic carbocycles. The number of nitrogen functional groups attached to an aromatic ring is 1. The van der Waals surface area contributed by atoms with Crippen LogP contribution in [0.3, 0.4) is 0 Å². The Labute approximate surface area is 102 Å². The molecule has 17 heavy (non-hydrogen) atoms. The number of nitrogens with two attached hydrogens (primary N) is 1. The van der Waals surface area contributed by atoms with Crippen molar-refractivity contribution in [2.24, 2.45) is 0 Å². The van der Waals surface area contributed by atoms with Gasteiger partial charge in [-0.1, -0.05) is 17.7 Å². The van der Waals surface area contributed by atoms with Gasteiger partial charge in [0, 0.05) is 5.02 Å². The maximum absolute atomic E-state index is 10.8. The fraction of sp³-hybridized carbons (Fsp3) is 0.100. The highest BCUT2D eigenvalue weighted by Gasteiger charge is 2.23. The maximum Gasteiger partial charge on any atom is 0.333 e. The summed E-state index contributed by atoms with van der Waals surface area (Å²) in [5.74, 6) is -0.00485. The van der Waals surface area contributed by atoms with Crippen LogP contribution in [0.4, 0.5) is 11.5 Å². The van der Waals surface area contributed by atoms with Gasteiger partial charge in [-0.2, -0.15) is 5.10 Å². The molecule has 0 bridgehead atoms. The molecule has 2 rings (SSSR count). The summed E-state index contributed by atoms with van der Waals surface area (Å²) in [5, 5.41) is 15.3. The standard InChI is InChI=1S/C10H9ClN4O2/c1-6-9(15(16)17)10(12)14(13-6)8-4-2-3-7(11)5-8/h2-5H,12H2,1H3. The minimum atomic E-state index is -0.543. The zero-order valence-corrected chi connectivity index (χ0v) is 9.68. The van der Waals surface area contributed by atoms with Crippen molar-refractivity contribution in [1.82, 2.24) is 9.78 Å². The SMILES string of the molecule is Cc1nn(-c2cccc(Cl)c2)c(N)c1[N+](=O)[O-]. The molecule has 2 N–H and O–H groups in total. The molecule has 6 nitrogen and oxygen atoms in total. The third kappa shape index (κ3) is 1.94. The topological polar surface area (TPSA) is 87.0 Å². The lowest BCUT2D eigenvalue weighted by atomic mass is 10.3. The van der Waals surface area contributed by atoms with Crippen molar-refractivity contribution in [2.45, 2.75) is 6.92 Å². The third-order valence-electron chi connectivity index (χ3n) is 2.30. The second kappa shape index (κ2) is 4.06. The van der Waals surface area contributed by atoms with Crippen molar-refractivity contribution in [3.05, 3.63) is 45.1 Å². The number of rotatable bonds is 2. The summed E-state index contributed by atoms with van der Waals surface area (Å²) in [5.41, 5.74) is 6.39. The van der Waals surface area contributed by atoms with Gasteiger partial charge in [0.25, 0.3) is 0 Å². The molecule has 7 heteroatoms. The molecule has 0 saturated carbocycles. The second-order valence-corrected chi connectivity index (χ2v) is 3.90. The van der Waals surface area contributed by atoms with Gasteiger partial charge in [-0.15, -0.1) is 0 Å². The van der Waals surface area contributed by atoms with Crippen LogP contribution in [-0.2, 0) is 0 Å². The number of nitrogens with zero attached hydrogens (tertiary/aromatic N) is 3. The fourth-order valence-electron chi connectivity index (χ4n) is 1.57. The van der Waals surface area contributed by atoms with Crippen LogP contribution in [0.1, 0.15) is 5.69 Å². The molecular formula is C10H9ClN4O2. The maximum atomic E-state index is 10.8. The van der Waals surface area contributed by atoms with Crippen LogP contribution in [-0.4, -0.2) is 14.7 Å². The molecule has 1 aromatic heterocycles. The summed E-state index contributed by atoms with van der Waals surface area (Å²) in [7, 11) is 0. The largest absolute Gasteiger partial charge is 0.378 e. The summed E-state index contributed by atoms with van der Waals surface area (Å²) in [6, 6.07) is 6.78. The minimum Gasteiger partial charge on any atom is -0.378 e. The Morgan fingerprint density at radius 1 is 1.53 bits per heavy atom. The summed E-state index contributed by atoms with van der Waals surface area (Å²) in [6.07, 6.45) is 0.